The van der Waals surface area contributed by atoms with Gasteiger partial charge in [0.2, 0.25) is 0 Å². The zero-order valence-electron chi connectivity index (χ0n) is 12.0. The maximum atomic E-state index is 11.8. The molecule has 1 aromatic heterocycles. The number of rotatable bonds is 4. The minimum absolute atomic E-state index is 0.192. The van der Waals surface area contributed by atoms with E-state index in [2.05, 4.69) is 20.5 Å². The first kappa shape index (κ1) is 15.0. The van der Waals surface area contributed by atoms with E-state index in [-0.39, 0.29) is 11.8 Å². The first-order chi connectivity index (χ1) is 10.7. The molecule has 0 saturated carbocycles. The van der Waals surface area contributed by atoms with Gasteiger partial charge in [-0.2, -0.15) is 0 Å². The normalized spacial score (nSPS) is 15.8. The summed E-state index contributed by atoms with van der Waals surface area (Å²) in [5.74, 6) is 0.192. The summed E-state index contributed by atoms with van der Waals surface area (Å²) in [5, 5.41) is 15.5. The number of aromatic nitrogens is 1. The van der Waals surface area contributed by atoms with Crippen LogP contribution in [0.25, 0.3) is 10.2 Å². The first-order valence-electron chi connectivity index (χ1n) is 7.15. The molecule has 2 amide bonds. The minimum Gasteiger partial charge on any atom is -0.508 e. The Kier molecular flexibility index (Phi) is 4.71. The maximum Gasteiger partial charge on any atom is 0.321 e. The number of aromatic hydroxyl groups is 1. The number of amides is 2. The summed E-state index contributed by atoms with van der Waals surface area (Å²) in [6, 6.07) is 4.67. The summed E-state index contributed by atoms with van der Waals surface area (Å²) in [6.07, 6.45) is 0. The lowest BCUT2D eigenvalue weighted by atomic mass is 10.3. The van der Waals surface area contributed by atoms with E-state index < -0.39 is 0 Å². The Morgan fingerprint density at radius 3 is 3.05 bits per heavy atom. The largest absolute Gasteiger partial charge is 0.508 e. The van der Waals surface area contributed by atoms with Gasteiger partial charge < -0.3 is 15.2 Å². The van der Waals surface area contributed by atoms with Gasteiger partial charge in [0.05, 0.1) is 23.4 Å². The van der Waals surface area contributed by atoms with E-state index in [9.17, 15) is 9.90 Å². The topological polar surface area (TPSA) is 86.7 Å². The Bertz CT molecular complexity index is 655. The van der Waals surface area contributed by atoms with Crippen LogP contribution < -0.4 is 10.6 Å². The Hall–Kier alpha value is -1.90. The van der Waals surface area contributed by atoms with Crippen LogP contribution in [0.3, 0.4) is 0 Å². The summed E-state index contributed by atoms with van der Waals surface area (Å²) < 4.78 is 6.11. The van der Waals surface area contributed by atoms with Crippen molar-refractivity contribution in [2.75, 3.05) is 44.7 Å². The summed E-state index contributed by atoms with van der Waals surface area (Å²) >= 11 is 1.33. The second kappa shape index (κ2) is 6.91. The standard InChI is InChI=1S/C14H18N4O3S/c19-10-1-2-11-12(9-10)22-14(16-11)17-13(20)15-3-4-18-5-7-21-8-6-18/h1-2,9,19H,3-8H2,(H2,15,16,17,20). The smallest absolute Gasteiger partial charge is 0.321 e. The number of morpholine rings is 1. The van der Waals surface area contributed by atoms with Gasteiger partial charge in [-0.3, -0.25) is 10.2 Å². The van der Waals surface area contributed by atoms with Crippen molar-refractivity contribution in [3.63, 3.8) is 0 Å². The molecule has 0 bridgehead atoms. The molecule has 0 aliphatic carbocycles. The van der Waals surface area contributed by atoms with Crippen LogP contribution in [0.15, 0.2) is 18.2 Å². The van der Waals surface area contributed by atoms with Crippen molar-refractivity contribution in [3.05, 3.63) is 18.2 Å². The molecule has 0 atom stereocenters. The van der Waals surface area contributed by atoms with Crippen LogP contribution in [0, 0.1) is 0 Å². The highest BCUT2D eigenvalue weighted by Crippen LogP contribution is 2.28. The third-order valence-electron chi connectivity index (χ3n) is 3.41. The van der Waals surface area contributed by atoms with Crippen LogP contribution in [0.2, 0.25) is 0 Å². The van der Waals surface area contributed by atoms with Crippen LogP contribution in [-0.4, -0.2) is 60.4 Å². The molecule has 2 aromatic rings. The highest BCUT2D eigenvalue weighted by atomic mass is 32.1. The third kappa shape index (κ3) is 3.85. The minimum atomic E-state index is -0.267. The molecule has 0 spiro atoms. The van der Waals surface area contributed by atoms with Gasteiger partial charge in [0.1, 0.15) is 5.75 Å². The van der Waals surface area contributed by atoms with Crippen molar-refractivity contribution in [2.45, 2.75) is 0 Å². The second-order valence-corrected chi connectivity index (χ2v) is 6.04. The van der Waals surface area contributed by atoms with E-state index in [1.54, 1.807) is 18.2 Å². The van der Waals surface area contributed by atoms with Gasteiger partial charge in [0.25, 0.3) is 0 Å². The van der Waals surface area contributed by atoms with Gasteiger partial charge >= 0.3 is 6.03 Å². The maximum absolute atomic E-state index is 11.8. The number of ether oxygens (including phenoxy) is 1. The third-order valence-corrected chi connectivity index (χ3v) is 4.34. The number of phenols is 1. The van der Waals surface area contributed by atoms with Crippen LogP contribution in [0.5, 0.6) is 5.75 Å². The van der Waals surface area contributed by atoms with E-state index in [1.807, 2.05) is 0 Å². The molecule has 3 N–H and O–H groups in total. The number of nitrogens with one attached hydrogen (secondary N) is 2. The molecule has 0 unspecified atom stereocenters. The Morgan fingerprint density at radius 1 is 1.41 bits per heavy atom. The molecule has 7 nitrogen and oxygen atoms in total. The average molecular weight is 322 g/mol. The quantitative estimate of drug-likeness (QED) is 0.793. The lowest BCUT2D eigenvalue weighted by molar-refractivity contribution is 0.0388. The van der Waals surface area contributed by atoms with Gasteiger partial charge in [-0.15, -0.1) is 0 Å². The molecule has 1 aliphatic rings. The number of phenolic OH excluding ortho intramolecular Hbond substituents is 1. The van der Waals surface area contributed by atoms with Crippen LogP contribution in [0.4, 0.5) is 9.93 Å². The van der Waals surface area contributed by atoms with Crippen LogP contribution in [-0.2, 0) is 4.74 Å². The highest BCUT2D eigenvalue weighted by Gasteiger charge is 2.11. The molecule has 0 radical (unpaired) electrons. The second-order valence-electron chi connectivity index (χ2n) is 5.01. The van der Waals surface area contributed by atoms with Gasteiger partial charge in [-0.25, -0.2) is 9.78 Å². The van der Waals surface area contributed by atoms with Gasteiger partial charge in [-0.05, 0) is 18.2 Å². The predicted octanol–water partition coefficient (Wildman–Crippen LogP) is 1.46. The molecule has 1 saturated heterocycles. The molecule has 1 fully saturated rings. The molecular weight excluding hydrogens is 304 g/mol. The molecule has 8 heteroatoms. The molecular formula is C14H18N4O3S. The number of nitrogens with zero attached hydrogens (tertiary/aromatic N) is 2. The molecule has 1 aromatic carbocycles. The number of thiazole rings is 1. The van der Waals surface area contributed by atoms with Gasteiger partial charge in [0.15, 0.2) is 5.13 Å². The zero-order valence-corrected chi connectivity index (χ0v) is 12.9. The van der Waals surface area contributed by atoms with Crippen molar-refractivity contribution in [1.82, 2.24) is 15.2 Å². The van der Waals surface area contributed by atoms with E-state index in [0.717, 1.165) is 43.1 Å². The van der Waals surface area contributed by atoms with Crippen LogP contribution >= 0.6 is 11.3 Å². The van der Waals surface area contributed by atoms with Crippen molar-refractivity contribution < 1.29 is 14.6 Å². The summed E-state index contributed by atoms with van der Waals surface area (Å²) in [5.41, 5.74) is 0.756. The number of hydrogen-bond acceptors (Lipinski definition) is 6. The Labute approximate surface area is 131 Å². The summed E-state index contributed by atoms with van der Waals surface area (Å²) in [6.45, 7) is 4.72. The van der Waals surface area contributed by atoms with Gasteiger partial charge in [-0.1, -0.05) is 11.3 Å². The lowest BCUT2D eigenvalue weighted by Gasteiger charge is -2.26. The fraction of sp³-hybridized carbons (Fsp3) is 0.429. The van der Waals surface area contributed by atoms with Crippen LogP contribution in [0.1, 0.15) is 0 Å². The number of carbonyl (C=O) groups is 1. The van der Waals surface area contributed by atoms with Crippen molar-refractivity contribution >= 4 is 32.7 Å². The van der Waals surface area contributed by atoms with Crippen molar-refractivity contribution in [1.29, 1.82) is 0 Å². The molecule has 3 rings (SSSR count). The van der Waals surface area contributed by atoms with Crippen molar-refractivity contribution in [2.24, 2.45) is 0 Å². The van der Waals surface area contributed by atoms with E-state index in [4.69, 9.17) is 4.74 Å². The van der Waals surface area contributed by atoms with E-state index in [0.29, 0.717) is 11.7 Å². The molecule has 118 valence electrons. The molecule has 22 heavy (non-hydrogen) atoms. The molecule has 2 heterocycles. The van der Waals surface area contributed by atoms with Gasteiger partial charge in [0, 0.05) is 26.2 Å². The number of fused-ring (bicyclic) bond motifs is 1. The predicted molar refractivity (Wildman–Crippen MR) is 85.6 cm³/mol. The number of anilines is 1. The van der Waals surface area contributed by atoms with Crippen molar-refractivity contribution in [3.8, 4) is 5.75 Å². The lowest BCUT2D eigenvalue weighted by Crippen LogP contribution is -2.42. The number of benzene rings is 1. The Morgan fingerprint density at radius 2 is 2.23 bits per heavy atom. The van der Waals surface area contributed by atoms with E-state index >= 15 is 0 Å². The van der Waals surface area contributed by atoms with E-state index in [1.165, 1.54) is 11.3 Å². The monoisotopic (exact) mass is 322 g/mol. The Balaban J connectivity index is 1.47. The number of carbonyl (C=O) groups excluding carboxylic acids is 1. The fourth-order valence-electron chi connectivity index (χ4n) is 2.26. The average Bonchev–Trinajstić information content (AvgIpc) is 2.89. The first-order valence-corrected chi connectivity index (χ1v) is 7.97. The molecule has 1 aliphatic heterocycles. The number of hydrogen-bond donors (Lipinski definition) is 3. The SMILES string of the molecule is O=C(NCCN1CCOCC1)Nc1nc2ccc(O)cc2s1. The fourth-order valence-corrected chi connectivity index (χ4v) is 3.15. The summed E-state index contributed by atoms with van der Waals surface area (Å²) in [7, 11) is 0. The summed E-state index contributed by atoms with van der Waals surface area (Å²) in [4.78, 5) is 18.4. The number of urea groups is 1. The highest BCUT2D eigenvalue weighted by molar-refractivity contribution is 7.22. The zero-order chi connectivity index (χ0) is 15.4.